The van der Waals surface area contributed by atoms with E-state index in [1.165, 1.54) is 23.3 Å². The lowest BCUT2D eigenvalue weighted by atomic mass is 9.86. The normalized spacial score (nSPS) is 23.4. The van der Waals surface area contributed by atoms with Gasteiger partial charge in [0.2, 0.25) is 0 Å². The summed E-state index contributed by atoms with van der Waals surface area (Å²) < 4.78 is 0. The second-order valence-electron chi connectivity index (χ2n) is 6.97. The second kappa shape index (κ2) is 5.97. The molecule has 23 heavy (non-hydrogen) atoms. The van der Waals surface area contributed by atoms with Gasteiger partial charge in [-0.2, -0.15) is 0 Å². The Morgan fingerprint density at radius 3 is 3.00 bits per heavy atom. The molecule has 0 saturated heterocycles. The Morgan fingerprint density at radius 2 is 2.17 bits per heavy atom. The lowest BCUT2D eigenvalue weighted by molar-refractivity contribution is 0.406. The van der Waals surface area contributed by atoms with E-state index >= 15 is 0 Å². The van der Waals surface area contributed by atoms with Crippen LogP contribution in [0.4, 0.5) is 0 Å². The van der Waals surface area contributed by atoms with Crippen molar-refractivity contribution >= 4 is 0 Å². The Kier molecular flexibility index (Phi) is 3.82. The van der Waals surface area contributed by atoms with Crippen LogP contribution in [0.5, 0.6) is 0 Å². The van der Waals surface area contributed by atoms with Gasteiger partial charge >= 0.3 is 0 Å². The Labute approximate surface area is 138 Å². The highest BCUT2D eigenvalue weighted by atomic mass is 15.2. The molecule has 3 aliphatic rings. The van der Waals surface area contributed by atoms with Gasteiger partial charge in [-0.25, -0.2) is 0 Å². The number of allylic oxidation sites excluding steroid dienone is 4. The van der Waals surface area contributed by atoms with Crippen molar-refractivity contribution in [3.05, 3.63) is 64.3 Å². The van der Waals surface area contributed by atoms with Gasteiger partial charge in [-0.05, 0) is 50.0 Å². The molecular formula is C20H25N3. The molecule has 0 saturated carbocycles. The number of fused-ring (bicyclic) bond motifs is 2. The molecule has 3 heterocycles. The first-order chi connectivity index (χ1) is 11.2. The summed E-state index contributed by atoms with van der Waals surface area (Å²) in [6, 6.07) is 4.33. The minimum absolute atomic E-state index is 0.610. The van der Waals surface area contributed by atoms with Gasteiger partial charge in [0.1, 0.15) is 0 Å². The highest BCUT2D eigenvalue weighted by molar-refractivity contribution is 5.43. The van der Waals surface area contributed by atoms with E-state index < -0.39 is 0 Å². The van der Waals surface area contributed by atoms with Gasteiger partial charge in [0.25, 0.3) is 0 Å². The quantitative estimate of drug-likeness (QED) is 0.928. The fraction of sp³-hybridized carbons (Fsp3) is 0.450. The number of rotatable bonds is 3. The summed E-state index contributed by atoms with van der Waals surface area (Å²) in [6.45, 7) is 7.53. The summed E-state index contributed by atoms with van der Waals surface area (Å²) in [5.74, 6) is 0.610. The zero-order valence-corrected chi connectivity index (χ0v) is 14.1. The van der Waals surface area contributed by atoms with Crippen LogP contribution < -0.4 is 5.32 Å². The lowest BCUT2D eigenvalue weighted by Gasteiger charge is -2.28. The third kappa shape index (κ3) is 2.74. The van der Waals surface area contributed by atoms with Crippen LogP contribution in [0.1, 0.15) is 31.0 Å². The minimum Gasteiger partial charge on any atom is -0.348 e. The van der Waals surface area contributed by atoms with E-state index in [4.69, 9.17) is 0 Å². The molecule has 1 N–H and O–H groups in total. The second-order valence-corrected chi connectivity index (χ2v) is 6.97. The molecule has 1 aliphatic carbocycles. The molecule has 0 spiro atoms. The molecule has 3 nitrogen and oxygen atoms in total. The van der Waals surface area contributed by atoms with Crippen LogP contribution in [-0.2, 0) is 6.42 Å². The third-order valence-corrected chi connectivity index (χ3v) is 5.30. The maximum atomic E-state index is 4.43. The summed E-state index contributed by atoms with van der Waals surface area (Å²) in [4.78, 5) is 7.03. The van der Waals surface area contributed by atoms with Gasteiger partial charge in [0.15, 0.2) is 0 Å². The Morgan fingerprint density at radius 1 is 1.26 bits per heavy atom. The predicted molar refractivity (Wildman–Crippen MR) is 93.8 cm³/mol. The fourth-order valence-electron chi connectivity index (χ4n) is 4.05. The number of aromatic nitrogens is 1. The van der Waals surface area contributed by atoms with Crippen molar-refractivity contribution in [1.29, 1.82) is 0 Å². The maximum absolute atomic E-state index is 4.43. The van der Waals surface area contributed by atoms with Gasteiger partial charge in [-0.3, -0.25) is 4.98 Å². The molecule has 3 heteroatoms. The van der Waals surface area contributed by atoms with Crippen LogP contribution in [0.2, 0.25) is 0 Å². The summed E-state index contributed by atoms with van der Waals surface area (Å²) in [5.41, 5.74) is 8.66. The largest absolute Gasteiger partial charge is 0.348 e. The van der Waals surface area contributed by atoms with Crippen LogP contribution in [0.25, 0.3) is 0 Å². The van der Waals surface area contributed by atoms with Gasteiger partial charge in [0, 0.05) is 55.3 Å². The average Bonchev–Trinajstić information content (AvgIpc) is 2.88. The molecular weight excluding hydrogens is 282 g/mol. The number of nitrogens with zero attached hydrogens (tertiary/aromatic N) is 2. The highest BCUT2D eigenvalue weighted by Gasteiger charge is 2.37. The summed E-state index contributed by atoms with van der Waals surface area (Å²) in [5, 5.41) is 3.56. The SMILES string of the molecule is CC1=CC=C2C(C1)C1=C(CCNC1)N2CCc1ccc(C)nc1. The molecule has 0 bridgehead atoms. The van der Waals surface area contributed by atoms with Crippen molar-refractivity contribution in [1.82, 2.24) is 15.2 Å². The smallest absolute Gasteiger partial charge is 0.0372 e. The van der Waals surface area contributed by atoms with Crippen molar-refractivity contribution in [2.24, 2.45) is 5.92 Å². The predicted octanol–water partition coefficient (Wildman–Crippen LogP) is 3.35. The summed E-state index contributed by atoms with van der Waals surface area (Å²) in [7, 11) is 0. The summed E-state index contributed by atoms with van der Waals surface area (Å²) >= 11 is 0. The zero-order valence-electron chi connectivity index (χ0n) is 14.1. The monoisotopic (exact) mass is 307 g/mol. The van der Waals surface area contributed by atoms with Crippen LogP contribution in [0.3, 0.4) is 0 Å². The Balaban J connectivity index is 1.58. The van der Waals surface area contributed by atoms with E-state index in [2.05, 4.69) is 46.4 Å². The fourth-order valence-corrected chi connectivity index (χ4v) is 4.05. The van der Waals surface area contributed by atoms with E-state index in [1.54, 1.807) is 11.3 Å². The molecule has 0 amide bonds. The first kappa shape index (κ1) is 14.7. The summed E-state index contributed by atoms with van der Waals surface area (Å²) in [6.07, 6.45) is 10.1. The first-order valence-corrected chi connectivity index (χ1v) is 8.71. The molecule has 1 aromatic rings. The van der Waals surface area contributed by atoms with Crippen molar-refractivity contribution in [3.63, 3.8) is 0 Å². The molecule has 1 atom stereocenters. The van der Waals surface area contributed by atoms with Gasteiger partial charge in [0.05, 0.1) is 0 Å². The molecule has 120 valence electrons. The van der Waals surface area contributed by atoms with Crippen LogP contribution >= 0.6 is 0 Å². The molecule has 0 radical (unpaired) electrons. The van der Waals surface area contributed by atoms with Crippen molar-refractivity contribution in [3.8, 4) is 0 Å². The molecule has 1 aromatic heterocycles. The number of pyridine rings is 1. The lowest BCUT2D eigenvalue weighted by Crippen LogP contribution is -2.28. The van der Waals surface area contributed by atoms with Crippen LogP contribution in [0, 0.1) is 12.8 Å². The molecule has 0 aromatic carbocycles. The standard InChI is InChI=1S/C20H25N3/c1-14-3-6-19-17(11-14)18-13-21-9-7-20(18)23(19)10-8-16-5-4-15(2)22-12-16/h3-6,12,17,21H,7-11,13H2,1-2H3. The van der Waals surface area contributed by atoms with Crippen LogP contribution in [0.15, 0.2) is 53.0 Å². The number of hydrogen-bond donors (Lipinski definition) is 1. The Bertz CT molecular complexity index is 694. The maximum Gasteiger partial charge on any atom is 0.0372 e. The highest BCUT2D eigenvalue weighted by Crippen LogP contribution is 2.44. The molecule has 4 rings (SSSR count). The number of hydrogen-bond acceptors (Lipinski definition) is 3. The molecule has 2 aliphatic heterocycles. The third-order valence-electron chi connectivity index (χ3n) is 5.30. The minimum atomic E-state index is 0.610. The van der Waals surface area contributed by atoms with Crippen molar-refractivity contribution in [2.75, 3.05) is 19.6 Å². The van der Waals surface area contributed by atoms with E-state index in [-0.39, 0.29) is 0 Å². The number of aryl methyl sites for hydroxylation is 1. The van der Waals surface area contributed by atoms with Crippen molar-refractivity contribution < 1.29 is 0 Å². The van der Waals surface area contributed by atoms with Crippen LogP contribution in [-0.4, -0.2) is 29.5 Å². The zero-order chi connectivity index (χ0) is 15.8. The first-order valence-electron chi connectivity index (χ1n) is 8.71. The Hall–Kier alpha value is -1.87. The van der Waals surface area contributed by atoms with Crippen molar-refractivity contribution in [2.45, 2.75) is 33.1 Å². The van der Waals surface area contributed by atoms with Gasteiger partial charge < -0.3 is 10.2 Å². The van der Waals surface area contributed by atoms with Gasteiger partial charge in [-0.1, -0.05) is 17.7 Å². The van der Waals surface area contributed by atoms with E-state index in [0.29, 0.717) is 5.92 Å². The molecule has 0 fully saturated rings. The number of nitrogens with one attached hydrogen (secondary N) is 1. The molecule has 1 unspecified atom stereocenters. The van der Waals surface area contributed by atoms with E-state index in [9.17, 15) is 0 Å². The average molecular weight is 307 g/mol. The van der Waals surface area contributed by atoms with E-state index in [1.807, 2.05) is 13.1 Å². The van der Waals surface area contributed by atoms with Gasteiger partial charge in [-0.15, -0.1) is 0 Å². The topological polar surface area (TPSA) is 28.2 Å². The van der Waals surface area contributed by atoms with E-state index in [0.717, 1.165) is 38.2 Å².